The van der Waals surface area contributed by atoms with E-state index in [2.05, 4.69) is 4.98 Å². The summed E-state index contributed by atoms with van der Waals surface area (Å²) in [5, 5.41) is 9.60. The highest BCUT2D eigenvalue weighted by molar-refractivity contribution is 7.99. The molecule has 2 rings (SSSR count). The molecular weight excluding hydrogens is 222 g/mol. The van der Waals surface area contributed by atoms with Crippen LogP contribution in [0.15, 0.2) is 52.4 Å². The Hall–Kier alpha value is -1.68. The number of nitrogens with one attached hydrogen (secondary N) is 1. The fourth-order valence-electron chi connectivity index (χ4n) is 1.36. The number of benzene rings is 1. The predicted molar refractivity (Wildman–Crippen MR) is 62.7 cm³/mol. The van der Waals surface area contributed by atoms with Crippen molar-refractivity contribution < 1.29 is 9.90 Å². The van der Waals surface area contributed by atoms with Crippen molar-refractivity contribution in [2.24, 2.45) is 0 Å². The molecule has 0 spiro atoms. The van der Waals surface area contributed by atoms with Crippen LogP contribution < -0.4 is 0 Å². The summed E-state index contributed by atoms with van der Waals surface area (Å²) in [6, 6.07) is 13.7. The molecule has 0 radical (unpaired) electrons. The quantitative estimate of drug-likeness (QED) is 0.853. The standard InChI is InChI=1S/C12H11NO2S/c14-12(15)8-9-6-7-11(13-9)16-10-4-2-1-3-5-10/h1-7,13H,8H2,(H,14,15). The molecule has 0 bridgehead atoms. The van der Waals surface area contributed by atoms with Gasteiger partial charge in [0.05, 0.1) is 11.4 Å². The summed E-state index contributed by atoms with van der Waals surface area (Å²) in [6.45, 7) is 0. The second kappa shape index (κ2) is 4.90. The Morgan fingerprint density at radius 1 is 1.19 bits per heavy atom. The number of hydrogen-bond donors (Lipinski definition) is 2. The van der Waals surface area contributed by atoms with Crippen LogP contribution in [-0.2, 0) is 11.2 Å². The summed E-state index contributed by atoms with van der Waals surface area (Å²) in [5.41, 5.74) is 0.728. The monoisotopic (exact) mass is 233 g/mol. The van der Waals surface area contributed by atoms with Crippen molar-refractivity contribution >= 4 is 17.7 Å². The van der Waals surface area contributed by atoms with E-state index in [1.807, 2.05) is 36.4 Å². The van der Waals surface area contributed by atoms with Crippen molar-refractivity contribution in [3.63, 3.8) is 0 Å². The summed E-state index contributed by atoms with van der Waals surface area (Å²) < 4.78 is 0. The first-order valence-electron chi connectivity index (χ1n) is 4.86. The SMILES string of the molecule is O=C(O)Cc1ccc(Sc2ccccc2)[nH]1. The minimum atomic E-state index is -0.821. The molecule has 0 aliphatic carbocycles. The Morgan fingerprint density at radius 2 is 1.94 bits per heavy atom. The summed E-state index contributed by atoms with van der Waals surface area (Å²) >= 11 is 1.59. The van der Waals surface area contributed by atoms with Crippen LogP contribution in [0.4, 0.5) is 0 Å². The van der Waals surface area contributed by atoms with E-state index in [-0.39, 0.29) is 6.42 Å². The van der Waals surface area contributed by atoms with Crippen LogP contribution in [0.2, 0.25) is 0 Å². The van der Waals surface area contributed by atoms with Gasteiger partial charge in [0.15, 0.2) is 0 Å². The highest BCUT2D eigenvalue weighted by Crippen LogP contribution is 2.26. The van der Waals surface area contributed by atoms with E-state index >= 15 is 0 Å². The van der Waals surface area contributed by atoms with Gasteiger partial charge >= 0.3 is 5.97 Å². The van der Waals surface area contributed by atoms with E-state index in [0.29, 0.717) is 0 Å². The normalized spacial score (nSPS) is 10.2. The number of rotatable bonds is 4. The zero-order valence-electron chi connectivity index (χ0n) is 8.51. The summed E-state index contributed by atoms with van der Waals surface area (Å²) in [5.74, 6) is -0.821. The second-order valence-electron chi connectivity index (χ2n) is 3.33. The lowest BCUT2D eigenvalue weighted by Gasteiger charge is -1.97. The van der Waals surface area contributed by atoms with Crippen LogP contribution in [0.25, 0.3) is 0 Å². The Morgan fingerprint density at radius 3 is 2.62 bits per heavy atom. The van der Waals surface area contributed by atoms with Crippen LogP contribution in [0.5, 0.6) is 0 Å². The number of aromatic nitrogens is 1. The molecule has 1 heterocycles. The Balaban J connectivity index is 2.06. The molecule has 0 unspecified atom stereocenters. The average molecular weight is 233 g/mol. The number of hydrogen-bond acceptors (Lipinski definition) is 2. The van der Waals surface area contributed by atoms with E-state index < -0.39 is 5.97 Å². The Labute approximate surface area is 97.5 Å². The first kappa shape index (κ1) is 10.8. The van der Waals surface area contributed by atoms with Crippen molar-refractivity contribution in [3.05, 3.63) is 48.2 Å². The van der Waals surface area contributed by atoms with Crippen molar-refractivity contribution in [2.75, 3.05) is 0 Å². The van der Waals surface area contributed by atoms with Gasteiger partial charge in [-0.1, -0.05) is 30.0 Å². The van der Waals surface area contributed by atoms with Gasteiger partial charge in [-0.15, -0.1) is 0 Å². The largest absolute Gasteiger partial charge is 0.481 e. The molecule has 3 nitrogen and oxygen atoms in total. The molecule has 2 aromatic rings. The fourth-order valence-corrected chi connectivity index (χ4v) is 2.22. The summed E-state index contributed by atoms with van der Waals surface area (Å²) in [4.78, 5) is 14.7. The Kier molecular flexibility index (Phi) is 3.31. The van der Waals surface area contributed by atoms with E-state index in [4.69, 9.17) is 5.11 Å². The van der Waals surface area contributed by atoms with Crippen LogP contribution in [0.3, 0.4) is 0 Å². The topological polar surface area (TPSA) is 53.1 Å². The van der Waals surface area contributed by atoms with Gasteiger partial charge in [0.25, 0.3) is 0 Å². The zero-order valence-corrected chi connectivity index (χ0v) is 9.33. The van der Waals surface area contributed by atoms with Gasteiger partial charge in [-0.25, -0.2) is 0 Å². The fraction of sp³-hybridized carbons (Fsp3) is 0.0833. The maximum atomic E-state index is 10.5. The van der Waals surface area contributed by atoms with Gasteiger partial charge in [-0.2, -0.15) is 0 Å². The van der Waals surface area contributed by atoms with Crippen molar-refractivity contribution in [1.29, 1.82) is 0 Å². The lowest BCUT2D eigenvalue weighted by molar-refractivity contribution is -0.136. The van der Waals surface area contributed by atoms with Gasteiger partial charge in [0, 0.05) is 10.6 Å². The molecule has 0 amide bonds. The van der Waals surface area contributed by atoms with Gasteiger partial charge in [0.2, 0.25) is 0 Å². The molecule has 2 N–H and O–H groups in total. The maximum absolute atomic E-state index is 10.5. The minimum Gasteiger partial charge on any atom is -0.481 e. The van der Waals surface area contributed by atoms with Crippen LogP contribution in [0, 0.1) is 0 Å². The van der Waals surface area contributed by atoms with Gasteiger partial charge in [0.1, 0.15) is 0 Å². The van der Waals surface area contributed by atoms with E-state index in [0.717, 1.165) is 15.6 Å². The lowest BCUT2D eigenvalue weighted by atomic mass is 10.3. The van der Waals surface area contributed by atoms with Gasteiger partial charge < -0.3 is 10.1 Å². The molecule has 1 aromatic carbocycles. The van der Waals surface area contributed by atoms with Crippen molar-refractivity contribution in [3.8, 4) is 0 Å². The van der Waals surface area contributed by atoms with Gasteiger partial charge in [-0.05, 0) is 24.3 Å². The van der Waals surface area contributed by atoms with E-state index in [1.165, 1.54) is 0 Å². The highest BCUT2D eigenvalue weighted by Gasteiger charge is 2.04. The maximum Gasteiger partial charge on any atom is 0.309 e. The third kappa shape index (κ3) is 2.90. The van der Waals surface area contributed by atoms with Gasteiger partial charge in [-0.3, -0.25) is 4.79 Å². The highest BCUT2D eigenvalue weighted by atomic mass is 32.2. The number of H-pyrrole nitrogens is 1. The molecule has 0 aliphatic heterocycles. The molecule has 0 aliphatic rings. The number of aromatic amines is 1. The number of carboxylic acid groups (broad SMARTS) is 1. The third-order valence-corrected chi connectivity index (χ3v) is 3.00. The molecule has 4 heteroatoms. The first-order chi connectivity index (χ1) is 7.74. The molecule has 0 atom stereocenters. The summed E-state index contributed by atoms with van der Waals surface area (Å²) in [7, 11) is 0. The molecule has 16 heavy (non-hydrogen) atoms. The minimum absolute atomic E-state index is 0.0371. The molecule has 0 saturated carbocycles. The van der Waals surface area contributed by atoms with Crippen molar-refractivity contribution in [2.45, 2.75) is 16.3 Å². The third-order valence-electron chi connectivity index (χ3n) is 2.03. The van der Waals surface area contributed by atoms with E-state index in [9.17, 15) is 4.79 Å². The Bertz CT molecular complexity index is 479. The predicted octanol–water partition coefficient (Wildman–Crippen LogP) is 2.79. The molecule has 82 valence electrons. The molecule has 1 aromatic heterocycles. The smallest absolute Gasteiger partial charge is 0.309 e. The van der Waals surface area contributed by atoms with Crippen LogP contribution in [0.1, 0.15) is 5.69 Å². The molecule has 0 fully saturated rings. The number of aliphatic carboxylic acids is 1. The number of carbonyl (C=O) groups is 1. The summed E-state index contributed by atoms with van der Waals surface area (Å²) in [6.07, 6.45) is 0.0371. The lowest BCUT2D eigenvalue weighted by Crippen LogP contribution is -1.99. The van der Waals surface area contributed by atoms with Crippen molar-refractivity contribution in [1.82, 2.24) is 4.98 Å². The zero-order chi connectivity index (χ0) is 11.4. The van der Waals surface area contributed by atoms with Crippen LogP contribution in [-0.4, -0.2) is 16.1 Å². The van der Waals surface area contributed by atoms with Crippen LogP contribution >= 0.6 is 11.8 Å². The van der Waals surface area contributed by atoms with E-state index in [1.54, 1.807) is 17.8 Å². The average Bonchev–Trinajstić information content (AvgIpc) is 2.66. The first-order valence-corrected chi connectivity index (χ1v) is 5.68. The second-order valence-corrected chi connectivity index (χ2v) is 4.45. The molecular formula is C12H11NO2S. The number of carboxylic acids is 1. The molecule has 0 saturated heterocycles.